The minimum atomic E-state index is -1.05. The smallest absolute Gasteiger partial charge is 0.371 e. The molecule has 92 valence electrons. The lowest BCUT2D eigenvalue weighted by molar-refractivity contribution is -0.138. The normalized spacial score (nSPS) is 14.4. The van der Waals surface area contributed by atoms with E-state index in [0.29, 0.717) is 24.1 Å². The van der Waals surface area contributed by atoms with Crippen LogP contribution in [0.2, 0.25) is 0 Å². The summed E-state index contributed by atoms with van der Waals surface area (Å²) in [6.07, 6.45) is 0. The summed E-state index contributed by atoms with van der Waals surface area (Å²) in [6, 6.07) is 0. The molecule has 0 spiro atoms. The van der Waals surface area contributed by atoms with Crippen molar-refractivity contribution in [1.29, 1.82) is 0 Å². The van der Waals surface area contributed by atoms with Crippen LogP contribution >= 0.6 is 11.8 Å². The van der Waals surface area contributed by atoms with Gasteiger partial charge in [0.2, 0.25) is 10.9 Å². The molecule has 9 heteroatoms. The molecule has 2 N–H and O–H groups in total. The summed E-state index contributed by atoms with van der Waals surface area (Å²) in [6.45, 7) is 0.595. The maximum Gasteiger partial charge on any atom is 0.371 e. The third-order valence-corrected chi connectivity index (χ3v) is 3.14. The molecule has 2 rings (SSSR count). The number of carboxylic acid groups (broad SMARTS) is 1. The molecule has 0 atom stereocenters. The highest BCUT2D eigenvalue weighted by molar-refractivity contribution is 7.99. The summed E-state index contributed by atoms with van der Waals surface area (Å²) >= 11 is 1.31. The minimum absolute atomic E-state index is 0.0127. The first kappa shape index (κ1) is 11.9. The summed E-state index contributed by atoms with van der Waals surface area (Å²) in [5.74, 6) is -0.576. The third kappa shape index (κ3) is 2.56. The Morgan fingerprint density at radius 3 is 3.00 bits per heavy atom. The minimum Gasteiger partial charge on any atom is -0.482 e. The first-order chi connectivity index (χ1) is 8.22. The molecule has 8 nitrogen and oxygen atoms in total. The Labute approximate surface area is 100 Å². The van der Waals surface area contributed by atoms with E-state index in [2.05, 4.69) is 15.5 Å². The van der Waals surface area contributed by atoms with Crippen molar-refractivity contribution in [1.82, 2.24) is 20.2 Å². The van der Waals surface area contributed by atoms with Gasteiger partial charge in [0.05, 0.1) is 13.2 Å². The number of thioether (sulfide) groups is 1. The zero-order chi connectivity index (χ0) is 12.3. The van der Waals surface area contributed by atoms with Gasteiger partial charge in [-0.25, -0.2) is 9.48 Å². The van der Waals surface area contributed by atoms with Gasteiger partial charge in [-0.15, -0.1) is 5.10 Å². The molecule has 1 aromatic rings. The van der Waals surface area contributed by atoms with E-state index in [1.54, 1.807) is 0 Å². The molecule has 1 aliphatic heterocycles. The van der Waals surface area contributed by atoms with Gasteiger partial charge >= 0.3 is 5.97 Å². The molecule has 0 saturated carbocycles. The van der Waals surface area contributed by atoms with Crippen LogP contribution in [-0.4, -0.2) is 55.4 Å². The fourth-order valence-electron chi connectivity index (χ4n) is 1.25. The van der Waals surface area contributed by atoms with Gasteiger partial charge in [-0.1, -0.05) is 11.8 Å². The Bertz CT molecular complexity index is 458. The van der Waals surface area contributed by atoms with Crippen molar-refractivity contribution in [2.24, 2.45) is 0 Å². The van der Waals surface area contributed by atoms with E-state index in [-0.39, 0.29) is 12.4 Å². The fraction of sp³-hybridized carbons (Fsp3) is 0.500. The van der Waals surface area contributed by atoms with Crippen molar-refractivity contribution in [2.45, 2.75) is 11.7 Å². The highest BCUT2D eigenvalue weighted by Gasteiger charge is 2.25. The van der Waals surface area contributed by atoms with E-state index >= 15 is 0 Å². The van der Waals surface area contributed by atoms with Crippen molar-refractivity contribution in [2.75, 3.05) is 19.0 Å². The Morgan fingerprint density at radius 1 is 1.59 bits per heavy atom. The number of aliphatic hydroxyl groups is 1. The third-order valence-electron chi connectivity index (χ3n) is 2.09. The molecule has 0 amide bonds. The van der Waals surface area contributed by atoms with Gasteiger partial charge in [-0.3, -0.25) is 0 Å². The molecule has 1 aliphatic rings. The van der Waals surface area contributed by atoms with Crippen LogP contribution in [0.25, 0.3) is 0 Å². The van der Waals surface area contributed by atoms with Gasteiger partial charge in [-0.05, 0) is 10.4 Å². The number of hydrogen-bond acceptors (Lipinski definition) is 7. The molecular formula is C8H10N4O4S. The number of carbonyl (C=O) groups is 1. The van der Waals surface area contributed by atoms with Crippen LogP contribution < -0.4 is 0 Å². The van der Waals surface area contributed by atoms with Crippen molar-refractivity contribution in [3.8, 4) is 0 Å². The van der Waals surface area contributed by atoms with Gasteiger partial charge < -0.3 is 14.9 Å². The number of aliphatic carboxylic acids is 1. The average molecular weight is 258 g/mol. The molecular weight excluding hydrogens is 248 g/mol. The number of hydrogen-bond donors (Lipinski definition) is 2. The zero-order valence-electron chi connectivity index (χ0n) is 8.74. The molecule has 0 fully saturated rings. The van der Waals surface area contributed by atoms with Gasteiger partial charge in [0, 0.05) is 11.3 Å². The Morgan fingerprint density at radius 2 is 2.41 bits per heavy atom. The molecule has 0 bridgehead atoms. The largest absolute Gasteiger partial charge is 0.482 e. The molecule has 0 saturated heterocycles. The standard InChI is InChI=1S/C8H10N4O4S/c13-2-1-12-8(9-10-11-12)17-4-5-3-16-6(5)7(14)15/h13H,1-4H2,(H,14,15). The first-order valence-electron chi connectivity index (χ1n) is 4.80. The van der Waals surface area contributed by atoms with Crippen molar-refractivity contribution in [3.63, 3.8) is 0 Å². The van der Waals surface area contributed by atoms with Crippen molar-refractivity contribution < 1.29 is 19.7 Å². The maximum atomic E-state index is 10.7. The van der Waals surface area contributed by atoms with Crippen LogP contribution in [0.5, 0.6) is 0 Å². The Balaban J connectivity index is 1.96. The number of carboxylic acids is 1. The van der Waals surface area contributed by atoms with Crippen LogP contribution in [0.4, 0.5) is 0 Å². The second kappa shape index (κ2) is 5.15. The summed E-state index contributed by atoms with van der Waals surface area (Å²) < 4.78 is 6.28. The number of nitrogens with zero attached hydrogens (tertiary/aromatic N) is 4. The second-order valence-corrected chi connectivity index (χ2v) is 4.17. The van der Waals surface area contributed by atoms with Gasteiger partial charge in [0.1, 0.15) is 6.61 Å². The van der Waals surface area contributed by atoms with Crippen LogP contribution in [0, 0.1) is 0 Å². The van der Waals surface area contributed by atoms with Gasteiger partial charge in [-0.2, -0.15) is 0 Å². The average Bonchev–Trinajstić information content (AvgIpc) is 2.64. The van der Waals surface area contributed by atoms with Crippen molar-refractivity contribution in [3.05, 3.63) is 11.3 Å². The SMILES string of the molecule is O=C(O)C1=C(CSc2nnnn2CCO)CO1. The van der Waals surface area contributed by atoms with Crippen LogP contribution in [0.1, 0.15) is 0 Å². The van der Waals surface area contributed by atoms with Crippen LogP contribution in [0.3, 0.4) is 0 Å². The molecule has 0 aliphatic carbocycles. The first-order valence-corrected chi connectivity index (χ1v) is 5.79. The van der Waals surface area contributed by atoms with E-state index in [9.17, 15) is 4.79 Å². The molecule has 0 unspecified atom stereocenters. The monoisotopic (exact) mass is 258 g/mol. The van der Waals surface area contributed by atoms with Crippen LogP contribution in [-0.2, 0) is 16.1 Å². The van der Waals surface area contributed by atoms with Crippen molar-refractivity contribution >= 4 is 17.7 Å². The van der Waals surface area contributed by atoms with E-state index < -0.39 is 5.97 Å². The highest BCUT2D eigenvalue weighted by atomic mass is 32.2. The number of rotatable bonds is 6. The van der Waals surface area contributed by atoms with E-state index in [0.717, 1.165) is 5.57 Å². The Kier molecular flexibility index (Phi) is 3.59. The predicted octanol–water partition coefficient (Wildman–Crippen LogP) is -0.874. The summed E-state index contributed by atoms with van der Waals surface area (Å²) in [5.41, 5.74) is 0.723. The quantitative estimate of drug-likeness (QED) is 0.633. The fourth-order valence-corrected chi connectivity index (χ4v) is 2.14. The second-order valence-electron chi connectivity index (χ2n) is 3.22. The molecule has 1 aromatic heterocycles. The highest BCUT2D eigenvalue weighted by Crippen LogP contribution is 2.25. The number of ether oxygens (including phenoxy) is 1. The van der Waals surface area contributed by atoms with Gasteiger partial charge in [0.15, 0.2) is 0 Å². The lowest BCUT2D eigenvalue weighted by Gasteiger charge is -2.21. The van der Waals surface area contributed by atoms with Crippen LogP contribution in [0.15, 0.2) is 16.5 Å². The number of aliphatic hydroxyl groups excluding tert-OH is 1. The molecule has 0 radical (unpaired) electrons. The lowest BCUT2D eigenvalue weighted by Crippen LogP contribution is -2.22. The summed E-state index contributed by atoms with van der Waals surface area (Å²) in [7, 11) is 0. The number of tetrazole rings is 1. The summed E-state index contributed by atoms with van der Waals surface area (Å²) in [5, 5.41) is 29.0. The molecule has 0 aromatic carbocycles. The van der Waals surface area contributed by atoms with E-state index in [1.165, 1.54) is 16.4 Å². The topological polar surface area (TPSA) is 110 Å². The summed E-state index contributed by atoms with van der Waals surface area (Å²) in [4.78, 5) is 10.7. The van der Waals surface area contributed by atoms with E-state index in [1.807, 2.05) is 0 Å². The van der Waals surface area contributed by atoms with Gasteiger partial charge in [0.25, 0.3) is 0 Å². The zero-order valence-corrected chi connectivity index (χ0v) is 9.55. The lowest BCUT2D eigenvalue weighted by atomic mass is 10.2. The molecule has 17 heavy (non-hydrogen) atoms. The maximum absolute atomic E-state index is 10.7. The molecule has 2 heterocycles. The number of aromatic nitrogens is 4. The Hall–Kier alpha value is -1.61. The predicted molar refractivity (Wildman–Crippen MR) is 56.2 cm³/mol. The van der Waals surface area contributed by atoms with E-state index in [4.69, 9.17) is 14.9 Å².